The van der Waals surface area contributed by atoms with Crippen LogP contribution in [-0.4, -0.2) is 23.4 Å². The van der Waals surface area contributed by atoms with Crippen LogP contribution in [0, 0.1) is 10.1 Å². The largest absolute Gasteiger partial charge is 0.326 e. The number of nitrogens with zero attached hydrogens (tertiary/aromatic N) is 2. The average molecular weight is 256 g/mol. The molecule has 1 atom stereocenters. The van der Waals surface area contributed by atoms with E-state index in [0.29, 0.717) is 6.54 Å². The van der Waals surface area contributed by atoms with Crippen LogP contribution in [0.3, 0.4) is 0 Å². The van der Waals surface area contributed by atoms with Gasteiger partial charge in [0, 0.05) is 30.1 Å². The Labute approximate surface area is 102 Å². The Morgan fingerprint density at radius 2 is 2.24 bits per heavy atom. The van der Waals surface area contributed by atoms with Gasteiger partial charge in [-0.2, -0.15) is 0 Å². The molecule has 7 heteroatoms. The van der Waals surface area contributed by atoms with Gasteiger partial charge in [-0.05, 0) is 12.1 Å². The summed E-state index contributed by atoms with van der Waals surface area (Å²) in [7, 11) is 0. The molecule has 1 fully saturated rings. The summed E-state index contributed by atoms with van der Waals surface area (Å²) in [4.78, 5) is 23.3. The van der Waals surface area contributed by atoms with Crippen molar-refractivity contribution in [2.24, 2.45) is 5.73 Å². The van der Waals surface area contributed by atoms with Crippen molar-refractivity contribution in [2.75, 3.05) is 11.4 Å². The topological polar surface area (TPSA) is 89.5 Å². The van der Waals surface area contributed by atoms with Gasteiger partial charge in [0.25, 0.3) is 5.69 Å². The molecular weight excluding hydrogens is 246 g/mol. The van der Waals surface area contributed by atoms with Crippen LogP contribution >= 0.6 is 11.6 Å². The second-order valence-electron chi connectivity index (χ2n) is 3.86. The van der Waals surface area contributed by atoms with Crippen LogP contribution in [0.25, 0.3) is 0 Å². The lowest BCUT2D eigenvalue weighted by molar-refractivity contribution is -0.384. The fourth-order valence-electron chi connectivity index (χ4n) is 1.84. The SMILES string of the molecule is NC1CC(=O)N(c2ccc(Cl)cc2[N+](=O)[O-])C1. The van der Waals surface area contributed by atoms with Crippen molar-refractivity contribution in [3.05, 3.63) is 33.3 Å². The molecule has 0 radical (unpaired) electrons. The molecule has 0 aromatic heterocycles. The van der Waals surface area contributed by atoms with Crippen LogP contribution in [-0.2, 0) is 4.79 Å². The Kier molecular flexibility index (Phi) is 2.99. The monoisotopic (exact) mass is 255 g/mol. The molecule has 90 valence electrons. The number of benzene rings is 1. The molecule has 1 aliphatic rings. The number of rotatable bonds is 2. The second kappa shape index (κ2) is 4.31. The highest BCUT2D eigenvalue weighted by atomic mass is 35.5. The lowest BCUT2D eigenvalue weighted by Crippen LogP contribution is -2.28. The van der Waals surface area contributed by atoms with Crippen molar-refractivity contribution >= 4 is 28.9 Å². The number of hydrogen-bond acceptors (Lipinski definition) is 4. The highest BCUT2D eigenvalue weighted by molar-refractivity contribution is 6.31. The van der Waals surface area contributed by atoms with Gasteiger partial charge in [-0.1, -0.05) is 11.6 Å². The molecular formula is C10H10ClN3O3. The number of anilines is 1. The first-order chi connectivity index (χ1) is 7.99. The van der Waals surface area contributed by atoms with Gasteiger partial charge >= 0.3 is 0 Å². The van der Waals surface area contributed by atoms with E-state index in [9.17, 15) is 14.9 Å². The number of nitrogens with two attached hydrogens (primary N) is 1. The summed E-state index contributed by atoms with van der Waals surface area (Å²) in [6.45, 7) is 0.293. The van der Waals surface area contributed by atoms with E-state index in [2.05, 4.69) is 0 Å². The number of hydrogen-bond donors (Lipinski definition) is 1. The van der Waals surface area contributed by atoms with Crippen LogP contribution in [0.2, 0.25) is 5.02 Å². The minimum Gasteiger partial charge on any atom is -0.326 e. The van der Waals surface area contributed by atoms with Gasteiger partial charge < -0.3 is 10.6 Å². The molecule has 1 aliphatic heterocycles. The maximum absolute atomic E-state index is 11.6. The zero-order chi connectivity index (χ0) is 12.6. The van der Waals surface area contributed by atoms with Crippen LogP contribution in [0.4, 0.5) is 11.4 Å². The highest BCUT2D eigenvalue weighted by Crippen LogP contribution is 2.33. The second-order valence-corrected chi connectivity index (χ2v) is 4.30. The third-order valence-corrected chi connectivity index (χ3v) is 2.81. The minimum atomic E-state index is -0.557. The Morgan fingerprint density at radius 1 is 1.53 bits per heavy atom. The van der Waals surface area contributed by atoms with E-state index in [4.69, 9.17) is 17.3 Å². The maximum atomic E-state index is 11.6. The average Bonchev–Trinajstić information content (AvgIpc) is 2.57. The van der Waals surface area contributed by atoms with E-state index in [1.165, 1.54) is 23.1 Å². The fraction of sp³-hybridized carbons (Fsp3) is 0.300. The molecule has 1 heterocycles. The van der Waals surface area contributed by atoms with E-state index in [0.717, 1.165) is 0 Å². The quantitative estimate of drug-likeness (QED) is 0.637. The summed E-state index contributed by atoms with van der Waals surface area (Å²) in [6.07, 6.45) is 0.208. The predicted molar refractivity (Wildman–Crippen MR) is 63.1 cm³/mol. The molecule has 1 aromatic carbocycles. The molecule has 6 nitrogen and oxygen atoms in total. The van der Waals surface area contributed by atoms with Crippen molar-refractivity contribution in [1.82, 2.24) is 0 Å². The molecule has 0 aliphatic carbocycles. The third-order valence-electron chi connectivity index (χ3n) is 2.58. The first-order valence-electron chi connectivity index (χ1n) is 4.99. The number of carbonyl (C=O) groups excluding carboxylic acids is 1. The Morgan fingerprint density at radius 3 is 2.76 bits per heavy atom. The summed E-state index contributed by atoms with van der Waals surface area (Å²) in [5.41, 5.74) is 5.72. The molecule has 0 bridgehead atoms. The van der Waals surface area contributed by atoms with E-state index in [-0.39, 0.29) is 34.8 Å². The van der Waals surface area contributed by atoms with Gasteiger partial charge in [-0.3, -0.25) is 14.9 Å². The molecule has 1 aromatic rings. The van der Waals surface area contributed by atoms with Crippen LogP contribution in [0.15, 0.2) is 18.2 Å². The fourth-order valence-corrected chi connectivity index (χ4v) is 2.01. The van der Waals surface area contributed by atoms with Gasteiger partial charge in [0.05, 0.1) is 4.92 Å². The Bertz CT molecular complexity index is 492. The highest BCUT2D eigenvalue weighted by Gasteiger charge is 2.32. The molecule has 2 rings (SSSR count). The standard InChI is InChI=1S/C10H10ClN3O3/c11-6-1-2-8(9(3-6)14(16)17)13-5-7(12)4-10(13)15/h1-3,7H,4-5,12H2. The number of halogens is 1. The number of amides is 1. The Balaban J connectivity index is 2.45. The van der Waals surface area contributed by atoms with Gasteiger partial charge in [-0.15, -0.1) is 0 Å². The third kappa shape index (κ3) is 2.22. The molecule has 1 saturated heterocycles. The van der Waals surface area contributed by atoms with Crippen molar-refractivity contribution in [3.8, 4) is 0 Å². The first kappa shape index (κ1) is 11.8. The van der Waals surface area contributed by atoms with Crippen molar-refractivity contribution in [2.45, 2.75) is 12.5 Å². The van der Waals surface area contributed by atoms with Gasteiger partial charge in [0.15, 0.2) is 0 Å². The molecule has 0 saturated carbocycles. The lowest BCUT2D eigenvalue weighted by Gasteiger charge is -2.15. The molecule has 17 heavy (non-hydrogen) atoms. The van der Waals surface area contributed by atoms with E-state index in [1.807, 2.05) is 0 Å². The zero-order valence-corrected chi connectivity index (χ0v) is 9.55. The Hall–Kier alpha value is -1.66. The maximum Gasteiger partial charge on any atom is 0.294 e. The molecule has 1 unspecified atom stereocenters. The van der Waals surface area contributed by atoms with Crippen LogP contribution < -0.4 is 10.6 Å². The van der Waals surface area contributed by atoms with Gasteiger partial charge in [0.2, 0.25) is 5.91 Å². The van der Waals surface area contributed by atoms with Crippen molar-refractivity contribution in [3.63, 3.8) is 0 Å². The van der Waals surface area contributed by atoms with E-state index >= 15 is 0 Å². The van der Waals surface area contributed by atoms with E-state index < -0.39 is 4.92 Å². The summed E-state index contributed by atoms with van der Waals surface area (Å²) < 4.78 is 0. The van der Waals surface area contributed by atoms with Crippen LogP contribution in [0.5, 0.6) is 0 Å². The van der Waals surface area contributed by atoms with Gasteiger partial charge in [-0.25, -0.2) is 0 Å². The predicted octanol–water partition coefficient (Wildman–Crippen LogP) is 1.31. The number of carbonyl (C=O) groups is 1. The molecule has 0 spiro atoms. The van der Waals surface area contributed by atoms with Crippen molar-refractivity contribution < 1.29 is 9.72 Å². The van der Waals surface area contributed by atoms with E-state index in [1.54, 1.807) is 0 Å². The van der Waals surface area contributed by atoms with Gasteiger partial charge in [0.1, 0.15) is 5.69 Å². The summed E-state index contributed by atoms with van der Waals surface area (Å²) >= 11 is 5.70. The van der Waals surface area contributed by atoms with Crippen molar-refractivity contribution in [1.29, 1.82) is 0 Å². The smallest absolute Gasteiger partial charge is 0.294 e. The normalized spacial score (nSPS) is 19.8. The molecule has 2 N–H and O–H groups in total. The summed E-state index contributed by atoms with van der Waals surface area (Å²) in [6, 6.07) is 3.93. The van der Waals surface area contributed by atoms with Crippen LogP contribution in [0.1, 0.15) is 6.42 Å². The minimum absolute atomic E-state index is 0.181. The first-order valence-corrected chi connectivity index (χ1v) is 5.36. The molecule has 1 amide bonds. The number of nitro benzene ring substituents is 1. The number of nitro groups is 1. The summed E-state index contributed by atoms with van der Waals surface area (Å²) in [5, 5.41) is 11.2. The lowest BCUT2D eigenvalue weighted by atomic mass is 10.2. The zero-order valence-electron chi connectivity index (χ0n) is 8.80. The summed E-state index contributed by atoms with van der Waals surface area (Å²) in [5.74, 6) is -0.206.